The second kappa shape index (κ2) is 10.1. The molecule has 0 spiro atoms. The maximum absolute atomic E-state index is 14.3. The van der Waals surface area contributed by atoms with E-state index < -0.39 is 6.04 Å². The normalized spacial score (nSPS) is 11.6. The molecule has 38 heavy (non-hydrogen) atoms. The first-order valence-corrected chi connectivity index (χ1v) is 12.2. The summed E-state index contributed by atoms with van der Waals surface area (Å²) in [4.78, 5) is 24.4. The highest BCUT2D eigenvalue weighted by atomic mass is 16.1. The number of hydrogen-bond acceptors (Lipinski definition) is 7. The molecule has 0 amide bonds. The summed E-state index contributed by atoms with van der Waals surface area (Å²) in [5.41, 5.74) is 10.3. The van der Waals surface area contributed by atoms with Gasteiger partial charge < -0.3 is 16.0 Å². The van der Waals surface area contributed by atoms with Gasteiger partial charge >= 0.3 is 0 Å². The van der Waals surface area contributed by atoms with Gasteiger partial charge in [0.1, 0.15) is 17.5 Å². The highest BCUT2D eigenvalue weighted by Crippen LogP contribution is 2.31. The van der Waals surface area contributed by atoms with Crippen LogP contribution in [0, 0.1) is 11.3 Å². The Bertz CT molecular complexity index is 1720. The van der Waals surface area contributed by atoms with Gasteiger partial charge in [0.25, 0.3) is 5.56 Å². The van der Waals surface area contributed by atoms with E-state index in [1.807, 2.05) is 105 Å². The number of nitrogens with one attached hydrogen (secondary N) is 1. The number of nitriles is 1. The second-order valence-corrected chi connectivity index (χ2v) is 9.22. The summed E-state index contributed by atoms with van der Waals surface area (Å²) in [5, 5.41) is 14.2. The van der Waals surface area contributed by atoms with Gasteiger partial charge in [-0.15, -0.1) is 0 Å². The molecule has 8 nitrogen and oxygen atoms in total. The van der Waals surface area contributed by atoms with E-state index in [4.69, 9.17) is 5.73 Å². The van der Waals surface area contributed by atoms with E-state index >= 15 is 0 Å². The monoisotopic (exact) mass is 501 g/mol. The smallest absolute Gasteiger partial charge is 0.263 e. The van der Waals surface area contributed by atoms with Crippen molar-refractivity contribution in [2.75, 3.05) is 30.0 Å². The summed E-state index contributed by atoms with van der Waals surface area (Å²) >= 11 is 0. The second-order valence-electron chi connectivity index (χ2n) is 9.22. The van der Waals surface area contributed by atoms with Crippen LogP contribution in [0.1, 0.15) is 24.2 Å². The topological polar surface area (TPSA) is 113 Å². The first kappa shape index (κ1) is 24.5. The van der Waals surface area contributed by atoms with E-state index in [1.54, 1.807) is 4.57 Å². The van der Waals surface area contributed by atoms with Crippen LogP contribution < -0.4 is 21.5 Å². The van der Waals surface area contributed by atoms with Crippen molar-refractivity contribution < 1.29 is 0 Å². The minimum absolute atomic E-state index is 0.0580. The minimum Gasteiger partial charge on any atom is -0.378 e. The van der Waals surface area contributed by atoms with Crippen LogP contribution in [-0.2, 0) is 0 Å². The Morgan fingerprint density at radius 2 is 1.76 bits per heavy atom. The van der Waals surface area contributed by atoms with Gasteiger partial charge in [-0.25, -0.2) is 4.98 Å². The molecule has 3 N–H and O–H groups in total. The van der Waals surface area contributed by atoms with E-state index in [0.717, 1.165) is 33.6 Å². The molecule has 188 valence electrons. The molecular formula is C30H27N7O. The van der Waals surface area contributed by atoms with Crippen LogP contribution in [0.3, 0.4) is 0 Å². The number of nitrogens with zero attached hydrogens (tertiary/aromatic N) is 5. The quantitative estimate of drug-likeness (QED) is 0.331. The summed E-state index contributed by atoms with van der Waals surface area (Å²) in [6.45, 7) is 1.92. The van der Waals surface area contributed by atoms with Crippen molar-refractivity contribution in [2.24, 2.45) is 0 Å². The van der Waals surface area contributed by atoms with E-state index in [1.165, 1.54) is 6.20 Å². The third kappa shape index (κ3) is 4.53. The molecule has 0 aliphatic rings. The third-order valence-electron chi connectivity index (χ3n) is 6.51. The van der Waals surface area contributed by atoms with Crippen molar-refractivity contribution in [2.45, 2.75) is 13.0 Å². The average Bonchev–Trinajstić information content (AvgIpc) is 2.93. The van der Waals surface area contributed by atoms with Crippen molar-refractivity contribution in [3.63, 3.8) is 0 Å². The van der Waals surface area contributed by atoms with Gasteiger partial charge in [-0.1, -0.05) is 48.5 Å². The van der Waals surface area contributed by atoms with Crippen LogP contribution in [0.5, 0.6) is 0 Å². The zero-order valence-electron chi connectivity index (χ0n) is 21.4. The number of benzene rings is 3. The Labute approximate surface area is 220 Å². The Morgan fingerprint density at radius 3 is 2.45 bits per heavy atom. The van der Waals surface area contributed by atoms with Gasteiger partial charge in [-0.3, -0.25) is 9.36 Å². The lowest BCUT2D eigenvalue weighted by molar-refractivity contribution is 0.772. The lowest BCUT2D eigenvalue weighted by atomic mass is 9.97. The summed E-state index contributed by atoms with van der Waals surface area (Å²) < 4.78 is 1.72. The van der Waals surface area contributed by atoms with Crippen LogP contribution >= 0.6 is 0 Å². The zero-order valence-corrected chi connectivity index (χ0v) is 21.4. The molecule has 0 bridgehead atoms. The standard InChI is InChI=1S/C30H27N7O/c1-19(34-28-22(17-31)18-33-30(32)35-28)26-16-21-8-7-11-25(20-12-14-23(15-13-20)36(2)3)27(21)29(38)37(26)24-9-5-4-6-10-24/h4-16,18-19H,1-3H3,(H3,32,33,34,35)/t19-/m0/s1. The van der Waals surface area contributed by atoms with Crippen molar-refractivity contribution >= 4 is 28.2 Å². The average molecular weight is 502 g/mol. The maximum Gasteiger partial charge on any atom is 0.263 e. The Morgan fingerprint density at radius 1 is 1.03 bits per heavy atom. The predicted molar refractivity (Wildman–Crippen MR) is 153 cm³/mol. The van der Waals surface area contributed by atoms with Gasteiger partial charge in [-0.2, -0.15) is 10.2 Å². The SMILES string of the molecule is C[C@H](Nc1nc(N)ncc1C#N)c1cc2cccc(-c3ccc(N(C)C)cc3)c2c(=O)n1-c1ccccc1. The highest BCUT2D eigenvalue weighted by molar-refractivity contribution is 5.96. The number of pyridine rings is 1. The van der Waals surface area contributed by atoms with E-state index in [2.05, 4.69) is 21.4 Å². The number of fused-ring (bicyclic) bond motifs is 1. The molecule has 0 unspecified atom stereocenters. The summed E-state index contributed by atoms with van der Waals surface area (Å²) in [5.74, 6) is 0.372. The number of para-hydroxylation sites is 1. The zero-order chi connectivity index (χ0) is 26.8. The van der Waals surface area contributed by atoms with Crippen LogP contribution in [0.2, 0.25) is 0 Å². The Hall–Kier alpha value is -5.16. The first-order chi connectivity index (χ1) is 18.4. The van der Waals surface area contributed by atoms with Crippen LogP contribution in [0.25, 0.3) is 27.6 Å². The molecule has 0 aliphatic heterocycles. The van der Waals surface area contributed by atoms with Gasteiger partial charge in [0.2, 0.25) is 5.95 Å². The first-order valence-electron chi connectivity index (χ1n) is 12.2. The largest absolute Gasteiger partial charge is 0.378 e. The van der Waals surface area contributed by atoms with Gasteiger partial charge in [0.15, 0.2) is 0 Å². The van der Waals surface area contributed by atoms with Crippen LogP contribution in [0.15, 0.2) is 89.9 Å². The number of anilines is 3. The molecule has 0 saturated carbocycles. The molecule has 5 rings (SSSR count). The molecular weight excluding hydrogens is 474 g/mol. The molecule has 2 aromatic heterocycles. The fourth-order valence-electron chi connectivity index (χ4n) is 4.59. The molecule has 0 saturated heterocycles. The van der Waals surface area contributed by atoms with Crippen LogP contribution in [-0.4, -0.2) is 28.6 Å². The number of rotatable bonds is 6. The van der Waals surface area contributed by atoms with Gasteiger partial charge in [-0.05, 0) is 53.8 Å². The molecule has 5 aromatic rings. The molecule has 2 heterocycles. The predicted octanol–water partition coefficient (Wildman–Crippen LogP) is 5.14. The third-order valence-corrected chi connectivity index (χ3v) is 6.51. The van der Waals surface area contributed by atoms with Crippen molar-refractivity contribution in [1.29, 1.82) is 5.26 Å². The lowest BCUT2D eigenvalue weighted by Gasteiger charge is -2.22. The number of nitrogen functional groups attached to an aromatic ring is 1. The maximum atomic E-state index is 14.3. The molecule has 8 heteroatoms. The number of aromatic nitrogens is 3. The van der Waals surface area contributed by atoms with Crippen molar-refractivity contribution in [1.82, 2.24) is 14.5 Å². The Balaban J connectivity index is 1.72. The van der Waals surface area contributed by atoms with Crippen LogP contribution in [0.4, 0.5) is 17.5 Å². The van der Waals surface area contributed by atoms with Crippen molar-refractivity contribution in [3.8, 4) is 22.9 Å². The summed E-state index contributed by atoms with van der Waals surface area (Å²) in [7, 11) is 4.00. The highest BCUT2D eigenvalue weighted by Gasteiger charge is 2.20. The number of hydrogen-bond donors (Lipinski definition) is 2. The summed E-state index contributed by atoms with van der Waals surface area (Å²) in [6.07, 6.45) is 1.38. The summed E-state index contributed by atoms with van der Waals surface area (Å²) in [6, 6.07) is 27.3. The van der Waals surface area contributed by atoms with Gasteiger partial charge in [0.05, 0.1) is 17.6 Å². The number of nitrogens with two attached hydrogens (primary N) is 1. The Kier molecular flexibility index (Phi) is 6.50. The van der Waals surface area contributed by atoms with E-state index in [9.17, 15) is 10.1 Å². The van der Waals surface area contributed by atoms with E-state index in [0.29, 0.717) is 11.2 Å². The lowest BCUT2D eigenvalue weighted by Crippen LogP contribution is -2.26. The molecule has 0 fully saturated rings. The molecule has 3 aromatic carbocycles. The molecule has 1 atom stereocenters. The minimum atomic E-state index is -0.392. The fourth-order valence-corrected chi connectivity index (χ4v) is 4.59. The van der Waals surface area contributed by atoms with Crippen molar-refractivity contribution in [3.05, 3.63) is 107 Å². The molecule has 0 radical (unpaired) electrons. The van der Waals surface area contributed by atoms with Gasteiger partial charge in [0, 0.05) is 31.2 Å². The van der Waals surface area contributed by atoms with E-state index in [-0.39, 0.29) is 17.1 Å². The molecule has 0 aliphatic carbocycles. The fraction of sp³-hybridized carbons (Fsp3) is 0.133.